The van der Waals surface area contributed by atoms with Gasteiger partial charge in [0.25, 0.3) is 0 Å². The highest BCUT2D eigenvalue weighted by Crippen LogP contribution is 2.21. The van der Waals surface area contributed by atoms with Crippen LogP contribution in [0.3, 0.4) is 0 Å². The summed E-state index contributed by atoms with van der Waals surface area (Å²) >= 11 is 0. The Labute approximate surface area is 126 Å². The summed E-state index contributed by atoms with van der Waals surface area (Å²) in [6.07, 6.45) is 1.73. The summed E-state index contributed by atoms with van der Waals surface area (Å²) in [5.41, 5.74) is 2.60. The molecule has 0 fully saturated rings. The molecule has 0 N–H and O–H groups in total. The lowest BCUT2D eigenvalue weighted by Crippen LogP contribution is -2.04. The Hall–Kier alpha value is -3.14. The highest BCUT2D eigenvalue weighted by molar-refractivity contribution is 5.66. The summed E-state index contributed by atoms with van der Waals surface area (Å²) in [5, 5.41) is 4.49. The second kappa shape index (κ2) is 5.00. The van der Waals surface area contributed by atoms with Crippen LogP contribution in [0.15, 0.2) is 82.1 Å². The summed E-state index contributed by atoms with van der Waals surface area (Å²) in [6.45, 7) is 0. The smallest absolute Gasteiger partial charge is 0.362 e. The Morgan fingerprint density at radius 3 is 2.18 bits per heavy atom. The Kier molecular flexibility index (Phi) is 2.86. The van der Waals surface area contributed by atoms with Crippen molar-refractivity contribution >= 4 is 5.52 Å². The van der Waals surface area contributed by atoms with E-state index in [1.54, 1.807) is 16.8 Å². The van der Waals surface area contributed by atoms with Gasteiger partial charge in [-0.1, -0.05) is 60.7 Å². The van der Waals surface area contributed by atoms with Crippen LogP contribution < -0.4 is 5.63 Å². The summed E-state index contributed by atoms with van der Waals surface area (Å²) in [4.78, 5) is 12.2. The Balaban J connectivity index is 1.91. The van der Waals surface area contributed by atoms with E-state index in [9.17, 15) is 4.79 Å². The van der Waals surface area contributed by atoms with Gasteiger partial charge in [0.05, 0.1) is 11.9 Å². The molecule has 0 unspecified atom stereocenters. The third-order valence-electron chi connectivity index (χ3n) is 3.51. The molecule has 4 heteroatoms. The van der Waals surface area contributed by atoms with E-state index in [1.165, 1.54) is 0 Å². The standard InChI is InChI=1S/C18H12N2O2/c21-18-16-11-15(13-7-3-1-4-8-13)19-20(16)12-17(22-18)14-9-5-2-6-10-14/h1-12H. The largest absolute Gasteiger partial charge is 0.420 e. The molecular weight excluding hydrogens is 276 g/mol. The molecule has 0 amide bonds. The predicted octanol–water partition coefficient (Wildman–Crippen LogP) is 3.62. The summed E-state index contributed by atoms with van der Waals surface area (Å²) in [7, 11) is 0. The van der Waals surface area contributed by atoms with Gasteiger partial charge in [-0.15, -0.1) is 0 Å². The number of benzene rings is 2. The second-order valence-corrected chi connectivity index (χ2v) is 4.97. The molecule has 4 rings (SSSR count). The first kappa shape index (κ1) is 12.6. The molecule has 106 valence electrons. The van der Waals surface area contributed by atoms with Gasteiger partial charge in [0.1, 0.15) is 0 Å². The molecule has 0 saturated carbocycles. The van der Waals surface area contributed by atoms with Gasteiger partial charge in [-0.05, 0) is 6.07 Å². The molecule has 4 aromatic rings. The Morgan fingerprint density at radius 2 is 1.50 bits per heavy atom. The number of fused-ring (bicyclic) bond motifs is 1. The van der Waals surface area contributed by atoms with Gasteiger partial charge in [-0.3, -0.25) is 0 Å². The fourth-order valence-electron chi connectivity index (χ4n) is 2.42. The average Bonchev–Trinajstić information content (AvgIpc) is 3.01. The molecule has 0 atom stereocenters. The highest BCUT2D eigenvalue weighted by atomic mass is 16.4. The van der Waals surface area contributed by atoms with E-state index in [-0.39, 0.29) is 0 Å². The molecule has 0 aliphatic rings. The predicted molar refractivity (Wildman–Crippen MR) is 84.6 cm³/mol. The molecule has 2 aromatic carbocycles. The van der Waals surface area contributed by atoms with Crippen LogP contribution in [0.1, 0.15) is 0 Å². The van der Waals surface area contributed by atoms with Crippen molar-refractivity contribution in [3.05, 3.63) is 83.3 Å². The van der Waals surface area contributed by atoms with Crippen molar-refractivity contribution in [2.24, 2.45) is 0 Å². The maximum atomic E-state index is 12.2. The Morgan fingerprint density at radius 1 is 0.864 bits per heavy atom. The Bertz CT molecular complexity index is 986. The summed E-state index contributed by atoms with van der Waals surface area (Å²) in [6, 6.07) is 21.0. The first-order valence-electron chi connectivity index (χ1n) is 6.96. The number of nitrogens with zero attached hydrogens (tertiary/aromatic N) is 2. The van der Waals surface area contributed by atoms with E-state index in [0.717, 1.165) is 16.8 Å². The number of rotatable bonds is 2. The fourth-order valence-corrected chi connectivity index (χ4v) is 2.42. The normalized spacial score (nSPS) is 10.9. The molecule has 0 aliphatic carbocycles. The van der Waals surface area contributed by atoms with Gasteiger partial charge in [0, 0.05) is 11.1 Å². The van der Waals surface area contributed by atoms with Gasteiger partial charge >= 0.3 is 5.63 Å². The van der Waals surface area contributed by atoms with Gasteiger partial charge < -0.3 is 4.42 Å². The lowest BCUT2D eigenvalue weighted by atomic mass is 10.1. The van der Waals surface area contributed by atoms with Crippen LogP contribution in [-0.4, -0.2) is 9.61 Å². The van der Waals surface area contributed by atoms with Crippen molar-refractivity contribution < 1.29 is 4.42 Å². The zero-order chi connectivity index (χ0) is 14.9. The summed E-state index contributed by atoms with van der Waals surface area (Å²) < 4.78 is 6.99. The molecule has 0 saturated heterocycles. The van der Waals surface area contributed by atoms with Gasteiger partial charge in [-0.25, -0.2) is 9.31 Å². The van der Waals surface area contributed by atoms with Crippen molar-refractivity contribution in [1.82, 2.24) is 9.61 Å². The average molecular weight is 288 g/mol. The minimum atomic E-state index is -0.393. The maximum Gasteiger partial charge on any atom is 0.362 e. The zero-order valence-electron chi connectivity index (χ0n) is 11.6. The lowest BCUT2D eigenvalue weighted by molar-refractivity contribution is 0.521. The van der Waals surface area contributed by atoms with Crippen LogP contribution in [0, 0.1) is 0 Å². The van der Waals surface area contributed by atoms with Gasteiger partial charge in [-0.2, -0.15) is 5.10 Å². The third kappa shape index (κ3) is 2.11. The molecule has 0 bridgehead atoms. The minimum Gasteiger partial charge on any atom is -0.420 e. The van der Waals surface area contributed by atoms with E-state index >= 15 is 0 Å². The molecule has 0 radical (unpaired) electrons. The molecule has 2 aromatic heterocycles. The van der Waals surface area contributed by atoms with Crippen LogP contribution >= 0.6 is 0 Å². The zero-order valence-corrected chi connectivity index (χ0v) is 11.6. The minimum absolute atomic E-state index is 0.393. The van der Waals surface area contributed by atoms with Crippen molar-refractivity contribution in [1.29, 1.82) is 0 Å². The molecule has 2 heterocycles. The first-order chi connectivity index (χ1) is 10.8. The monoisotopic (exact) mass is 288 g/mol. The number of aromatic nitrogens is 2. The number of hydrogen-bond acceptors (Lipinski definition) is 3. The van der Waals surface area contributed by atoms with Crippen LogP contribution in [0.25, 0.3) is 28.1 Å². The van der Waals surface area contributed by atoms with Crippen molar-refractivity contribution in [3.8, 4) is 22.6 Å². The van der Waals surface area contributed by atoms with E-state index in [4.69, 9.17) is 4.42 Å². The van der Waals surface area contributed by atoms with Gasteiger partial charge in [0.15, 0.2) is 11.3 Å². The van der Waals surface area contributed by atoms with Crippen molar-refractivity contribution in [2.45, 2.75) is 0 Å². The second-order valence-electron chi connectivity index (χ2n) is 4.97. The van der Waals surface area contributed by atoms with Crippen LogP contribution in [0.4, 0.5) is 0 Å². The van der Waals surface area contributed by atoms with E-state index in [2.05, 4.69) is 5.10 Å². The molecule has 0 spiro atoms. The molecule has 4 nitrogen and oxygen atoms in total. The van der Waals surface area contributed by atoms with E-state index in [0.29, 0.717) is 11.3 Å². The third-order valence-corrected chi connectivity index (χ3v) is 3.51. The molecule has 22 heavy (non-hydrogen) atoms. The lowest BCUT2D eigenvalue weighted by Gasteiger charge is -2.00. The van der Waals surface area contributed by atoms with Crippen LogP contribution in [0.5, 0.6) is 0 Å². The van der Waals surface area contributed by atoms with Crippen molar-refractivity contribution in [2.75, 3.05) is 0 Å². The van der Waals surface area contributed by atoms with E-state index in [1.807, 2.05) is 60.7 Å². The maximum absolute atomic E-state index is 12.2. The quantitative estimate of drug-likeness (QED) is 0.566. The SMILES string of the molecule is O=c1oc(-c2ccccc2)cn2nc(-c3ccccc3)cc12. The molecule has 0 aliphatic heterocycles. The molecular formula is C18H12N2O2. The van der Waals surface area contributed by atoms with Crippen LogP contribution in [0.2, 0.25) is 0 Å². The van der Waals surface area contributed by atoms with E-state index < -0.39 is 5.63 Å². The van der Waals surface area contributed by atoms with Gasteiger partial charge in [0.2, 0.25) is 0 Å². The number of hydrogen-bond donors (Lipinski definition) is 0. The fraction of sp³-hybridized carbons (Fsp3) is 0. The highest BCUT2D eigenvalue weighted by Gasteiger charge is 2.11. The summed E-state index contributed by atoms with van der Waals surface area (Å²) in [5.74, 6) is 0.501. The van der Waals surface area contributed by atoms with Crippen molar-refractivity contribution in [3.63, 3.8) is 0 Å². The first-order valence-corrected chi connectivity index (χ1v) is 6.96. The van der Waals surface area contributed by atoms with Crippen LogP contribution in [-0.2, 0) is 0 Å². The topological polar surface area (TPSA) is 47.5 Å².